The summed E-state index contributed by atoms with van der Waals surface area (Å²) in [6, 6.07) is 11.2. The van der Waals surface area contributed by atoms with Crippen molar-refractivity contribution in [3.63, 3.8) is 0 Å². The summed E-state index contributed by atoms with van der Waals surface area (Å²) in [6.07, 6.45) is 1.53. The van der Waals surface area contributed by atoms with E-state index in [-0.39, 0.29) is 4.90 Å². The first-order valence-corrected chi connectivity index (χ1v) is 8.32. The molecule has 2 amide bonds. The number of methoxy groups -OCH3 is 1. The number of nitrogens with one attached hydrogen (secondary N) is 2. The lowest BCUT2D eigenvalue weighted by Crippen LogP contribution is -2.19. The molecule has 1 heterocycles. The van der Waals surface area contributed by atoms with Gasteiger partial charge in [-0.2, -0.15) is 0 Å². The van der Waals surface area contributed by atoms with Crippen LogP contribution in [0.15, 0.2) is 52.8 Å². The summed E-state index contributed by atoms with van der Waals surface area (Å²) in [5, 5.41) is 6.42. The van der Waals surface area contributed by atoms with E-state index in [2.05, 4.69) is 10.6 Å². The lowest BCUT2D eigenvalue weighted by Gasteiger charge is -2.09. The summed E-state index contributed by atoms with van der Waals surface area (Å²) < 4.78 is 28.7. The van der Waals surface area contributed by atoms with Crippen molar-refractivity contribution in [2.24, 2.45) is 0 Å². The Hall–Kier alpha value is -2.80. The van der Waals surface area contributed by atoms with E-state index in [9.17, 15) is 13.2 Å². The van der Waals surface area contributed by atoms with E-state index >= 15 is 0 Å². The minimum Gasteiger partial charge on any atom is -0.497 e. The summed E-state index contributed by atoms with van der Waals surface area (Å²) >= 11 is 0. The standard InChI is InChI=1S/C16H14N2O4S/c1-22-14-4-2-3-12(9-14)17-16(19)18-13-6-5-11-7-8-23(20,21)15(11)10-13/h2-10H,1H3,(H2,17,18,19). The molecule has 2 aromatic carbocycles. The largest absolute Gasteiger partial charge is 0.497 e. The molecular weight excluding hydrogens is 316 g/mol. The zero-order valence-electron chi connectivity index (χ0n) is 12.2. The predicted molar refractivity (Wildman–Crippen MR) is 88.3 cm³/mol. The maximum absolute atomic E-state index is 12.0. The molecule has 0 bridgehead atoms. The molecule has 0 saturated carbocycles. The van der Waals surface area contributed by atoms with Crippen molar-refractivity contribution in [2.75, 3.05) is 17.7 Å². The highest BCUT2D eigenvalue weighted by molar-refractivity contribution is 7.94. The van der Waals surface area contributed by atoms with E-state index in [1.54, 1.807) is 36.4 Å². The van der Waals surface area contributed by atoms with Crippen molar-refractivity contribution < 1.29 is 17.9 Å². The number of ether oxygens (including phenoxy) is 1. The van der Waals surface area contributed by atoms with Crippen molar-refractivity contribution in [3.8, 4) is 5.75 Å². The van der Waals surface area contributed by atoms with E-state index in [0.717, 1.165) is 5.41 Å². The van der Waals surface area contributed by atoms with E-state index < -0.39 is 15.9 Å². The summed E-state index contributed by atoms with van der Waals surface area (Å²) in [7, 11) is -1.86. The van der Waals surface area contributed by atoms with E-state index in [1.807, 2.05) is 0 Å². The molecule has 3 rings (SSSR count). The minimum atomic E-state index is -3.40. The van der Waals surface area contributed by atoms with Crippen LogP contribution in [-0.2, 0) is 9.84 Å². The number of benzene rings is 2. The van der Waals surface area contributed by atoms with Crippen LogP contribution in [0, 0.1) is 0 Å². The van der Waals surface area contributed by atoms with Gasteiger partial charge in [0, 0.05) is 22.8 Å². The average Bonchev–Trinajstić information content (AvgIpc) is 2.82. The number of carbonyl (C=O) groups excluding carboxylic acids is 1. The maximum atomic E-state index is 12.0. The molecule has 1 aliphatic rings. The molecular formula is C16H14N2O4S. The zero-order chi connectivity index (χ0) is 16.4. The van der Waals surface area contributed by atoms with E-state index in [0.29, 0.717) is 22.7 Å². The Kier molecular flexibility index (Phi) is 3.79. The van der Waals surface area contributed by atoms with Gasteiger partial charge in [-0.1, -0.05) is 12.1 Å². The zero-order valence-corrected chi connectivity index (χ0v) is 13.1. The Morgan fingerprint density at radius 1 is 1.04 bits per heavy atom. The van der Waals surface area contributed by atoms with Crippen molar-refractivity contribution in [2.45, 2.75) is 4.90 Å². The number of urea groups is 1. The third-order valence-electron chi connectivity index (χ3n) is 3.33. The summed E-state index contributed by atoms with van der Waals surface area (Å²) in [6.45, 7) is 0. The second kappa shape index (κ2) is 5.77. The third kappa shape index (κ3) is 3.19. The van der Waals surface area contributed by atoms with Crippen LogP contribution in [0.25, 0.3) is 6.08 Å². The Labute approximate surface area is 133 Å². The van der Waals surface area contributed by atoms with Gasteiger partial charge >= 0.3 is 6.03 Å². The van der Waals surface area contributed by atoms with Crippen LogP contribution in [-0.4, -0.2) is 21.6 Å². The van der Waals surface area contributed by atoms with Gasteiger partial charge in [0.1, 0.15) is 5.75 Å². The van der Waals surface area contributed by atoms with Crippen LogP contribution in [0.5, 0.6) is 5.75 Å². The highest BCUT2D eigenvalue weighted by atomic mass is 32.2. The van der Waals surface area contributed by atoms with Gasteiger partial charge in [-0.15, -0.1) is 0 Å². The van der Waals surface area contributed by atoms with Crippen LogP contribution < -0.4 is 15.4 Å². The fraction of sp³-hybridized carbons (Fsp3) is 0.0625. The lowest BCUT2D eigenvalue weighted by molar-refractivity contribution is 0.262. The van der Waals surface area contributed by atoms with Crippen molar-refractivity contribution in [1.82, 2.24) is 0 Å². The van der Waals surface area contributed by atoms with Crippen LogP contribution in [0.4, 0.5) is 16.2 Å². The summed E-state index contributed by atoms with van der Waals surface area (Å²) in [5.41, 5.74) is 1.58. The molecule has 0 radical (unpaired) electrons. The minimum absolute atomic E-state index is 0.191. The summed E-state index contributed by atoms with van der Waals surface area (Å²) in [5.74, 6) is 0.623. The Morgan fingerprint density at radius 3 is 2.52 bits per heavy atom. The summed E-state index contributed by atoms with van der Waals surface area (Å²) in [4.78, 5) is 12.2. The van der Waals surface area contributed by atoms with Gasteiger partial charge in [-0.05, 0) is 35.9 Å². The number of carbonyl (C=O) groups is 1. The first-order chi connectivity index (χ1) is 11.0. The molecule has 0 spiro atoms. The van der Waals surface area contributed by atoms with Gasteiger partial charge in [-0.3, -0.25) is 0 Å². The van der Waals surface area contributed by atoms with E-state index in [1.165, 1.54) is 19.3 Å². The quantitative estimate of drug-likeness (QED) is 0.905. The number of hydrogen-bond donors (Lipinski definition) is 2. The van der Waals surface area contributed by atoms with Gasteiger partial charge in [0.2, 0.25) is 9.84 Å². The molecule has 23 heavy (non-hydrogen) atoms. The molecule has 6 nitrogen and oxygen atoms in total. The van der Waals surface area contributed by atoms with Crippen molar-refractivity contribution >= 4 is 33.3 Å². The number of hydrogen-bond acceptors (Lipinski definition) is 4. The van der Waals surface area contributed by atoms with Gasteiger partial charge in [0.25, 0.3) is 0 Å². The third-order valence-corrected chi connectivity index (χ3v) is 4.79. The fourth-order valence-corrected chi connectivity index (χ4v) is 3.45. The highest BCUT2D eigenvalue weighted by Gasteiger charge is 2.21. The molecule has 0 saturated heterocycles. The molecule has 0 atom stereocenters. The fourth-order valence-electron chi connectivity index (χ4n) is 2.23. The molecule has 0 fully saturated rings. The van der Waals surface area contributed by atoms with Crippen molar-refractivity contribution in [1.29, 1.82) is 0 Å². The predicted octanol–water partition coefficient (Wildman–Crippen LogP) is 3.10. The molecule has 2 N–H and O–H groups in total. The highest BCUT2D eigenvalue weighted by Crippen LogP contribution is 2.29. The van der Waals surface area contributed by atoms with E-state index in [4.69, 9.17) is 4.74 Å². The molecule has 118 valence electrons. The number of amides is 2. The first kappa shape index (κ1) is 15.1. The number of rotatable bonds is 3. The van der Waals surface area contributed by atoms with Gasteiger partial charge in [0.05, 0.1) is 12.0 Å². The van der Waals surface area contributed by atoms with Gasteiger partial charge in [-0.25, -0.2) is 13.2 Å². The average molecular weight is 330 g/mol. The molecule has 7 heteroatoms. The normalized spacial score (nSPS) is 14.1. The lowest BCUT2D eigenvalue weighted by atomic mass is 10.2. The second-order valence-corrected chi connectivity index (χ2v) is 6.71. The Bertz CT molecular complexity index is 904. The van der Waals surface area contributed by atoms with Gasteiger partial charge < -0.3 is 15.4 Å². The molecule has 1 aliphatic heterocycles. The van der Waals surface area contributed by atoms with Crippen LogP contribution >= 0.6 is 0 Å². The Balaban J connectivity index is 1.74. The van der Waals surface area contributed by atoms with Crippen LogP contribution in [0.1, 0.15) is 5.56 Å². The Morgan fingerprint density at radius 2 is 1.78 bits per heavy atom. The van der Waals surface area contributed by atoms with Gasteiger partial charge in [0.15, 0.2) is 0 Å². The molecule has 0 aliphatic carbocycles. The first-order valence-electron chi connectivity index (χ1n) is 6.77. The topological polar surface area (TPSA) is 84.5 Å². The second-order valence-electron chi connectivity index (χ2n) is 4.91. The SMILES string of the molecule is COc1cccc(NC(=O)Nc2ccc3c(c2)S(=O)(=O)C=C3)c1. The number of anilines is 2. The number of sulfone groups is 1. The maximum Gasteiger partial charge on any atom is 0.323 e. The van der Waals surface area contributed by atoms with Crippen LogP contribution in [0.2, 0.25) is 0 Å². The smallest absolute Gasteiger partial charge is 0.323 e. The van der Waals surface area contributed by atoms with Crippen LogP contribution in [0.3, 0.4) is 0 Å². The molecule has 0 aromatic heterocycles. The monoisotopic (exact) mass is 330 g/mol. The number of fused-ring (bicyclic) bond motifs is 1. The molecule has 0 unspecified atom stereocenters. The molecule has 2 aromatic rings. The van der Waals surface area contributed by atoms with Crippen molar-refractivity contribution in [3.05, 3.63) is 53.4 Å².